The summed E-state index contributed by atoms with van der Waals surface area (Å²) in [6, 6.07) is 0. The molecule has 0 amide bonds. The van der Waals surface area contributed by atoms with Crippen LogP contribution in [0, 0.1) is 0 Å². The van der Waals surface area contributed by atoms with Crippen molar-refractivity contribution < 1.29 is 22.5 Å². The van der Waals surface area contributed by atoms with Crippen LogP contribution in [0.2, 0.25) is 0 Å². The van der Waals surface area contributed by atoms with Crippen molar-refractivity contribution in [2.75, 3.05) is 5.75 Å². The second-order valence-electron chi connectivity index (χ2n) is 10.1. The second kappa shape index (κ2) is 27.4. The molecule has 0 aliphatic carbocycles. The first kappa shape index (κ1) is 37.5. The van der Waals surface area contributed by atoms with Crippen LogP contribution in [0.15, 0.2) is 0 Å². The molecular formula is C28H57NaO5S. The van der Waals surface area contributed by atoms with Crippen molar-refractivity contribution >= 4 is 45.6 Å². The van der Waals surface area contributed by atoms with E-state index in [-0.39, 0.29) is 35.5 Å². The number of hydrogen-bond acceptors (Lipinski definition) is 4. The Labute approximate surface area is 240 Å². The molecule has 0 aromatic carbocycles. The molecular weight excluding hydrogens is 471 g/mol. The summed E-state index contributed by atoms with van der Waals surface area (Å²) < 4.78 is 37.2. The van der Waals surface area contributed by atoms with Gasteiger partial charge >= 0.3 is 35.5 Å². The van der Waals surface area contributed by atoms with Crippen LogP contribution in [0.4, 0.5) is 0 Å². The minimum atomic E-state index is -4.15. The molecule has 0 spiro atoms. The molecule has 0 rings (SSSR count). The van der Waals surface area contributed by atoms with Crippen LogP contribution in [0.3, 0.4) is 0 Å². The van der Waals surface area contributed by atoms with Crippen LogP contribution >= 0.6 is 0 Å². The van der Waals surface area contributed by atoms with E-state index >= 15 is 0 Å². The Balaban J connectivity index is 0. The molecule has 0 bridgehead atoms. The van der Waals surface area contributed by atoms with E-state index < -0.39 is 22.0 Å². The van der Waals surface area contributed by atoms with Crippen LogP contribution in [0.25, 0.3) is 0 Å². The minimum absolute atomic E-state index is 0. The van der Waals surface area contributed by atoms with E-state index in [9.17, 15) is 17.8 Å². The summed E-state index contributed by atoms with van der Waals surface area (Å²) in [6.45, 7) is 4.41. The summed E-state index contributed by atoms with van der Waals surface area (Å²) in [4.78, 5) is 12.0. The van der Waals surface area contributed by atoms with E-state index in [2.05, 4.69) is 13.8 Å². The van der Waals surface area contributed by atoms with Crippen molar-refractivity contribution in [1.29, 1.82) is 0 Å². The van der Waals surface area contributed by atoms with Gasteiger partial charge in [-0.25, -0.2) is 0 Å². The van der Waals surface area contributed by atoms with E-state index in [1.165, 1.54) is 89.9 Å². The zero-order chi connectivity index (χ0) is 25.3. The van der Waals surface area contributed by atoms with Crippen molar-refractivity contribution in [3.05, 3.63) is 0 Å². The molecule has 0 fully saturated rings. The molecule has 0 radical (unpaired) electrons. The van der Waals surface area contributed by atoms with Gasteiger partial charge in [-0.2, -0.15) is 8.42 Å². The van der Waals surface area contributed by atoms with Gasteiger partial charge in [-0.05, 0) is 19.3 Å². The number of carbonyl (C=O) groups excluding carboxylic acids is 1. The van der Waals surface area contributed by atoms with E-state index in [0.717, 1.165) is 44.9 Å². The average Bonchev–Trinajstić information content (AvgIpc) is 2.77. The quantitative estimate of drug-likeness (QED) is 0.0530. The van der Waals surface area contributed by atoms with Crippen molar-refractivity contribution in [1.82, 2.24) is 0 Å². The summed E-state index contributed by atoms with van der Waals surface area (Å²) in [6.07, 6.45) is 25.8. The van der Waals surface area contributed by atoms with E-state index in [1.807, 2.05) is 0 Å². The monoisotopic (exact) mass is 528 g/mol. The van der Waals surface area contributed by atoms with Gasteiger partial charge in [-0.15, -0.1) is 0 Å². The molecule has 0 aliphatic heterocycles. The Kier molecular flexibility index (Phi) is 29.4. The number of hydrogen-bond donors (Lipinski definition) is 1. The van der Waals surface area contributed by atoms with Gasteiger partial charge in [0.25, 0.3) is 10.1 Å². The van der Waals surface area contributed by atoms with Gasteiger partial charge < -0.3 is 4.74 Å². The van der Waals surface area contributed by atoms with E-state index in [0.29, 0.717) is 12.8 Å². The third-order valence-electron chi connectivity index (χ3n) is 6.56. The summed E-state index contributed by atoms with van der Waals surface area (Å²) in [5.74, 6) is -0.838. The van der Waals surface area contributed by atoms with Gasteiger partial charge in [0.1, 0.15) is 11.9 Å². The third kappa shape index (κ3) is 30.5. The number of rotatable bonds is 26. The molecule has 0 aromatic heterocycles. The molecule has 0 saturated carbocycles. The maximum atomic E-state index is 12.0. The third-order valence-corrected chi connectivity index (χ3v) is 7.35. The van der Waals surface area contributed by atoms with Gasteiger partial charge in [0, 0.05) is 6.42 Å². The van der Waals surface area contributed by atoms with Gasteiger partial charge in [0.05, 0.1) is 0 Å². The first-order chi connectivity index (χ1) is 16.4. The van der Waals surface area contributed by atoms with Crippen LogP contribution in [-0.4, -0.2) is 60.4 Å². The van der Waals surface area contributed by atoms with Gasteiger partial charge in [-0.3, -0.25) is 9.35 Å². The summed E-state index contributed by atoms with van der Waals surface area (Å²) >= 11 is 0. The van der Waals surface area contributed by atoms with Crippen LogP contribution in [-0.2, 0) is 19.6 Å². The van der Waals surface area contributed by atoms with E-state index in [1.54, 1.807) is 0 Å². The average molecular weight is 529 g/mol. The molecule has 0 heterocycles. The second-order valence-corrected chi connectivity index (χ2v) is 11.6. The molecule has 1 unspecified atom stereocenters. The zero-order valence-electron chi connectivity index (χ0n) is 22.5. The molecule has 5 nitrogen and oxygen atoms in total. The number of ether oxygens (including phenoxy) is 1. The molecule has 1 atom stereocenters. The van der Waals surface area contributed by atoms with E-state index in [4.69, 9.17) is 4.74 Å². The Hall–Kier alpha value is 0.380. The SMILES string of the molecule is CCCCCCCCCCCCCCCCCCC(CS(=O)(=O)O)OC(=O)CCCCCCC.[NaH]. The molecule has 35 heavy (non-hydrogen) atoms. The normalized spacial score (nSPS) is 12.3. The Morgan fingerprint density at radius 2 is 0.971 bits per heavy atom. The van der Waals surface area contributed by atoms with Crippen LogP contribution in [0.1, 0.15) is 162 Å². The van der Waals surface area contributed by atoms with Gasteiger partial charge in [0.15, 0.2) is 0 Å². The van der Waals surface area contributed by atoms with Crippen molar-refractivity contribution in [3.8, 4) is 0 Å². The topological polar surface area (TPSA) is 80.7 Å². The van der Waals surface area contributed by atoms with Crippen molar-refractivity contribution in [3.63, 3.8) is 0 Å². The molecule has 206 valence electrons. The predicted molar refractivity (Wildman–Crippen MR) is 151 cm³/mol. The summed E-state index contributed by atoms with van der Waals surface area (Å²) in [5, 5.41) is 0. The van der Waals surface area contributed by atoms with Gasteiger partial charge in [-0.1, -0.05) is 136 Å². The molecule has 7 heteroatoms. The van der Waals surface area contributed by atoms with Crippen molar-refractivity contribution in [2.24, 2.45) is 0 Å². The fraction of sp³-hybridized carbons (Fsp3) is 0.964. The first-order valence-corrected chi connectivity index (χ1v) is 16.1. The fourth-order valence-electron chi connectivity index (χ4n) is 4.45. The first-order valence-electron chi connectivity index (χ1n) is 14.5. The molecule has 0 aliphatic rings. The number of esters is 1. The molecule has 0 aromatic rings. The summed E-state index contributed by atoms with van der Waals surface area (Å²) in [5.41, 5.74) is 0. The summed E-state index contributed by atoms with van der Waals surface area (Å²) in [7, 11) is -4.15. The van der Waals surface area contributed by atoms with Crippen molar-refractivity contribution in [2.45, 2.75) is 168 Å². The molecule has 0 saturated heterocycles. The molecule has 1 N–H and O–H groups in total. The fourth-order valence-corrected chi connectivity index (χ4v) is 5.15. The maximum absolute atomic E-state index is 12.0. The number of unbranched alkanes of at least 4 members (excludes halogenated alkanes) is 19. The Bertz CT molecular complexity index is 554. The van der Waals surface area contributed by atoms with Gasteiger partial charge in [0.2, 0.25) is 0 Å². The Morgan fingerprint density at radius 1 is 0.629 bits per heavy atom. The standard InChI is InChI=1S/C28H56O5S.Na.H/c1-3-5-7-9-10-11-12-13-14-15-16-17-18-19-21-22-24-27(26-34(30,31)32)33-28(29)25-23-20-8-6-4-2;;/h27H,3-26H2,1-2H3,(H,30,31,32);;. The predicted octanol–water partition coefficient (Wildman–Crippen LogP) is 8.15. The van der Waals surface area contributed by atoms with Crippen LogP contribution in [0.5, 0.6) is 0 Å². The van der Waals surface area contributed by atoms with Crippen LogP contribution < -0.4 is 0 Å². The Morgan fingerprint density at radius 3 is 1.34 bits per heavy atom. The number of carbonyl (C=O) groups is 1. The zero-order valence-corrected chi connectivity index (χ0v) is 23.4.